The Morgan fingerprint density at radius 3 is 2.15 bits per heavy atom. The molecular formula is C18H24N2. The van der Waals surface area contributed by atoms with Crippen LogP contribution < -0.4 is 11.5 Å². The third-order valence-corrected chi connectivity index (χ3v) is 3.82. The minimum absolute atomic E-state index is 0.801. The summed E-state index contributed by atoms with van der Waals surface area (Å²) < 4.78 is 0. The predicted molar refractivity (Wildman–Crippen MR) is 88.7 cm³/mol. The van der Waals surface area contributed by atoms with Gasteiger partial charge in [0.25, 0.3) is 0 Å². The van der Waals surface area contributed by atoms with Crippen LogP contribution >= 0.6 is 0 Å². The summed E-state index contributed by atoms with van der Waals surface area (Å²) in [5.41, 5.74) is 18.9. The van der Waals surface area contributed by atoms with Gasteiger partial charge in [0.15, 0.2) is 0 Å². The van der Waals surface area contributed by atoms with Crippen LogP contribution in [0.1, 0.15) is 37.8 Å². The summed E-state index contributed by atoms with van der Waals surface area (Å²) in [5, 5.41) is 0. The van der Waals surface area contributed by atoms with Gasteiger partial charge in [0.1, 0.15) is 0 Å². The minimum atomic E-state index is 0.801. The highest BCUT2D eigenvalue weighted by Gasteiger charge is 2.11. The number of rotatable bonds is 5. The molecular weight excluding hydrogens is 244 g/mol. The number of nitrogens with two attached hydrogens (primary N) is 2. The second-order valence-corrected chi connectivity index (χ2v) is 5.24. The lowest BCUT2D eigenvalue weighted by Gasteiger charge is -2.16. The van der Waals surface area contributed by atoms with Crippen molar-refractivity contribution >= 4 is 11.4 Å². The minimum Gasteiger partial charge on any atom is -0.399 e. The monoisotopic (exact) mass is 268 g/mol. The maximum atomic E-state index is 6.15. The zero-order valence-electron chi connectivity index (χ0n) is 12.4. The molecule has 0 atom stereocenters. The molecule has 0 fully saturated rings. The average molecular weight is 268 g/mol. The molecule has 2 aromatic rings. The van der Waals surface area contributed by atoms with E-state index in [0.29, 0.717) is 0 Å². The van der Waals surface area contributed by atoms with Gasteiger partial charge in [-0.2, -0.15) is 0 Å². The van der Waals surface area contributed by atoms with Gasteiger partial charge in [-0.25, -0.2) is 0 Å². The second-order valence-electron chi connectivity index (χ2n) is 5.24. The summed E-state index contributed by atoms with van der Waals surface area (Å²) in [5.74, 6) is 0. The van der Waals surface area contributed by atoms with E-state index in [1.165, 1.54) is 35.1 Å². The highest BCUT2D eigenvalue weighted by molar-refractivity contribution is 5.73. The third kappa shape index (κ3) is 2.96. The van der Waals surface area contributed by atoms with Gasteiger partial charge >= 0.3 is 0 Å². The Morgan fingerprint density at radius 2 is 1.55 bits per heavy atom. The summed E-state index contributed by atoms with van der Waals surface area (Å²) in [7, 11) is 0. The van der Waals surface area contributed by atoms with E-state index >= 15 is 0 Å². The van der Waals surface area contributed by atoms with Crippen LogP contribution in [0.5, 0.6) is 0 Å². The second kappa shape index (κ2) is 6.47. The van der Waals surface area contributed by atoms with Crippen LogP contribution in [0.4, 0.5) is 11.4 Å². The van der Waals surface area contributed by atoms with E-state index in [9.17, 15) is 0 Å². The van der Waals surface area contributed by atoms with Crippen molar-refractivity contribution in [3.8, 4) is 11.1 Å². The van der Waals surface area contributed by atoms with Crippen LogP contribution in [-0.4, -0.2) is 0 Å². The highest BCUT2D eigenvalue weighted by atomic mass is 14.6. The standard InChI is InChI=1S/C18H24N2/c1-3-5-6-17-15(4-2)18(20)12-11-16(17)13-7-9-14(19)10-8-13/h7-12H,3-6,19-20H2,1-2H3. The van der Waals surface area contributed by atoms with Gasteiger partial charge < -0.3 is 11.5 Å². The molecule has 20 heavy (non-hydrogen) atoms. The maximum absolute atomic E-state index is 6.15. The van der Waals surface area contributed by atoms with E-state index < -0.39 is 0 Å². The fraction of sp³-hybridized carbons (Fsp3) is 0.333. The van der Waals surface area contributed by atoms with E-state index in [0.717, 1.165) is 24.2 Å². The van der Waals surface area contributed by atoms with Crippen molar-refractivity contribution in [3.05, 3.63) is 47.5 Å². The Morgan fingerprint density at radius 1 is 0.850 bits per heavy atom. The number of anilines is 2. The Bertz CT molecular complexity index is 571. The van der Waals surface area contributed by atoms with Crippen molar-refractivity contribution in [2.75, 3.05) is 11.5 Å². The summed E-state index contributed by atoms with van der Waals surface area (Å²) in [6.45, 7) is 4.40. The molecule has 2 heteroatoms. The molecule has 0 aliphatic carbocycles. The van der Waals surface area contributed by atoms with Gasteiger partial charge in [0, 0.05) is 11.4 Å². The molecule has 2 aromatic carbocycles. The SMILES string of the molecule is CCCCc1c(-c2ccc(N)cc2)ccc(N)c1CC. The first-order valence-electron chi connectivity index (χ1n) is 7.43. The predicted octanol–water partition coefficient (Wildman–Crippen LogP) is 4.42. The van der Waals surface area contributed by atoms with Crippen LogP contribution in [-0.2, 0) is 12.8 Å². The summed E-state index contributed by atoms with van der Waals surface area (Å²) in [6, 6.07) is 12.3. The van der Waals surface area contributed by atoms with E-state index in [-0.39, 0.29) is 0 Å². The van der Waals surface area contributed by atoms with Gasteiger partial charge in [-0.3, -0.25) is 0 Å². The molecule has 0 amide bonds. The molecule has 4 N–H and O–H groups in total. The first kappa shape index (κ1) is 14.4. The molecule has 0 aliphatic heterocycles. The van der Waals surface area contributed by atoms with Crippen LogP contribution in [0, 0.1) is 0 Å². The Kier molecular flexibility index (Phi) is 4.67. The molecule has 0 saturated carbocycles. The quantitative estimate of drug-likeness (QED) is 0.788. The third-order valence-electron chi connectivity index (χ3n) is 3.82. The maximum Gasteiger partial charge on any atom is 0.0349 e. The molecule has 0 radical (unpaired) electrons. The number of unbranched alkanes of at least 4 members (excludes halogenated alkanes) is 1. The number of nitrogen functional groups attached to an aromatic ring is 2. The first-order valence-corrected chi connectivity index (χ1v) is 7.43. The van der Waals surface area contributed by atoms with Crippen LogP contribution in [0.25, 0.3) is 11.1 Å². The lowest BCUT2D eigenvalue weighted by molar-refractivity contribution is 0.789. The van der Waals surface area contributed by atoms with Crippen molar-refractivity contribution in [1.82, 2.24) is 0 Å². The van der Waals surface area contributed by atoms with Crippen LogP contribution in [0.3, 0.4) is 0 Å². The van der Waals surface area contributed by atoms with Gasteiger partial charge in [-0.15, -0.1) is 0 Å². The van der Waals surface area contributed by atoms with Crippen molar-refractivity contribution in [2.45, 2.75) is 39.5 Å². The molecule has 106 valence electrons. The van der Waals surface area contributed by atoms with Gasteiger partial charge in [-0.05, 0) is 59.7 Å². The fourth-order valence-corrected chi connectivity index (χ4v) is 2.70. The molecule has 0 unspecified atom stereocenters. The van der Waals surface area contributed by atoms with E-state index in [2.05, 4.69) is 32.0 Å². The lowest BCUT2D eigenvalue weighted by Crippen LogP contribution is -2.02. The molecule has 0 aliphatic rings. The smallest absolute Gasteiger partial charge is 0.0349 e. The zero-order valence-corrected chi connectivity index (χ0v) is 12.4. The van der Waals surface area contributed by atoms with Gasteiger partial charge in [-0.1, -0.05) is 38.5 Å². The van der Waals surface area contributed by atoms with Crippen molar-refractivity contribution in [1.29, 1.82) is 0 Å². The Hall–Kier alpha value is -1.96. The molecule has 2 nitrogen and oxygen atoms in total. The molecule has 0 aromatic heterocycles. The van der Waals surface area contributed by atoms with Crippen molar-refractivity contribution in [3.63, 3.8) is 0 Å². The largest absolute Gasteiger partial charge is 0.399 e. The highest BCUT2D eigenvalue weighted by Crippen LogP contribution is 2.32. The topological polar surface area (TPSA) is 52.0 Å². The van der Waals surface area contributed by atoms with Crippen LogP contribution in [0.2, 0.25) is 0 Å². The summed E-state index contributed by atoms with van der Waals surface area (Å²) in [4.78, 5) is 0. The molecule has 0 saturated heterocycles. The Labute approximate surface area is 121 Å². The van der Waals surface area contributed by atoms with Crippen molar-refractivity contribution in [2.24, 2.45) is 0 Å². The van der Waals surface area contributed by atoms with Crippen molar-refractivity contribution < 1.29 is 0 Å². The average Bonchev–Trinajstić information content (AvgIpc) is 2.46. The molecule has 2 rings (SSSR count). The van der Waals surface area contributed by atoms with E-state index in [1.807, 2.05) is 18.2 Å². The summed E-state index contributed by atoms with van der Waals surface area (Å²) in [6.07, 6.45) is 4.45. The van der Waals surface area contributed by atoms with Gasteiger partial charge in [0.05, 0.1) is 0 Å². The molecule has 0 spiro atoms. The summed E-state index contributed by atoms with van der Waals surface area (Å²) >= 11 is 0. The number of benzene rings is 2. The first-order chi connectivity index (χ1) is 9.67. The molecule has 0 heterocycles. The number of hydrogen-bond donors (Lipinski definition) is 2. The normalized spacial score (nSPS) is 10.7. The number of hydrogen-bond acceptors (Lipinski definition) is 2. The van der Waals surface area contributed by atoms with E-state index in [4.69, 9.17) is 11.5 Å². The zero-order chi connectivity index (χ0) is 14.5. The molecule has 0 bridgehead atoms. The van der Waals surface area contributed by atoms with Gasteiger partial charge in [0.2, 0.25) is 0 Å². The van der Waals surface area contributed by atoms with E-state index in [1.54, 1.807) is 0 Å². The fourth-order valence-electron chi connectivity index (χ4n) is 2.70. The Balaban J connectivity index is 2.53. The lowest BCUT2D eigenvalue weighted by atomic mass is 9.90. The van der Waals surface area contributed by atoms with Crippen LogP contribution in [0.15, 0.2) is 36.4 Å².